The minimum absolute atomic E-state index is 0.640. The molecule has 0 heterocycles. The molecular weight excluding hydrogens is 208 g/mol. The molecule has 0 saturated heterocycles. The fraction of sp³-hybridized carbons (Fsp3) is 1.00. The lowest BCUT2D eigenvalue weighted by atomic mass is 9.81. The van der Waals surface area contributed by atoms with Crippen molar-refractivity contribution in [3.63, 3.8) is 0 Å². The molecule has 3 N–H and O–H groups in total. The molecule has 1 rings (SSSR count). The van der Waals surface area contributed by atoms with E-state index in [1.807, 2.05) is 0 Å². The van der Waals surface area contributed by atoms with Crippen LogP contribution in [0.15, 0.2) is 0 Å². The van der Waals surface area contributed by atoms with Crippen LogP contribution in [0.25, 0.3) is 0 Å². The summed E-state index contributed by atoms with van der Waals surface area (Å²) in [6, 6.07) is 0. The maximum Gasteiger partial charge on any atom is -0.000600 e. The van der Waals surface area contributed by atoms with Gasteiger partial charge in [0.1, 0.15) is 0 Å². The number of hydrogen-bond donors (Lipinski definition) is 2. The van der Waals surface area contributed by atoms with Gasteiger partial charge >= 0.3 is 0 Å². The van der Waals surface area contributed by atoms with Gasteiger partial charge in [0.15, 0.2) is 0 Å². The first-order valence-electron chi connectivity index (χ1n) is 7.54. The molecule has 0 amide bonds. The standard InChI is InChI=1S/C15H32N2/c1-12(2)15(10-16)11-17-9-8-14-6-4-13(3)5-7-14/h12-15,17H,4-11,16H2,1-3H3. The zero-order valence-corrected chi connectivity index (χ0v) is 12.0. The van der Waals surface area contributed by atoms with Gasteiger partial charge in [-0.15, -0.1) is 0 Å². The number of nitrogens with two attached hydrogens (primary N) is 1. The molecule has 102 valence electrons. The predicted octanol–water partition coefficient (Wildman–Crippen LogP) is 3.02. The first kappa shape index (κ1) is 15.0. The highest BCUT2D eigenvalue weighted by molar-refractivity contribution is 4.72. The van der Waals surface area contributed by atoms with Crippen molar-refractivity contribution in [2.45, 2.75) is 52.9 Å². The molecule has 0 aromatic rings. The monoisotopic (exact) mass is 240 g/mol. The van der Waals surface area contributed by atoms with Crippen molar-refractivity contribution in [2.75, 3.05) is 19.6 Å². The molecule has 0 spiro atoms. The molecule has 1 aliphatic carbocycles. The van der Waals surface area contributed by atoms with E-state index in [1.54, 1.807) is 0 Å². The zero-order valence-electron chi connectivity index (χ0n) is 12.0. The third kappa shape index (κ3) is 5.87. The maximum absolute atomic E-state index is 5.77. The van der Waals surface area contributed by atoms with Crippen molar-refractivity contribution in [1.82, 2.24) is 5.32 Å². The zero-order chi connectivity index (χ0) is 12.7. The van der Waals surface area contributed by atoms with Crippen molar-refractivity contribution in [3.05, 3.63) is 0 Å². The largest absolute Gasteiger partial charge is 0.330 e. The molecule has 2 nitrogen and oxygen atoms in total. The summed E-state index contributed by atoms with van der Waals surface area (Å²) >= 11 is 0. The van der Waals surface area contributed by atoms with Crippen LogP contribution in [-0.4, -0.2) is 19.6 Å². The van der Waals surface area contributed by atoms with Crippen molar-refractivity contribution in [1.29, 1.82) is 0 Å². The van der Waals surface area contributed by atoms with Crippen LogP contribution in [0.5, 0.6) is 0 Å². The molecule has 0 aliphatic heterocycles. The SMILES string of the molecule is CC1CCC(CCNCC(CN)C(C)C)CC1. The topological polar surface area (TPSA) is 38.0 Å². The van der Waals surface area contributed by atoms with Gasteiger partial charge in [-0.2, -0.15) is 0 Å². The third-order valence-electron chi connectivity index (χ3n) is 4.52. The molecule has 1 unspecified atom stereocenters. The molecule has 1 saturated carbocycles. The average Bonchev–Trinajstić information content (AvgIpc) is 2.31. The second-order valence-corrected chi connectivity index (χ2v) is 6.36. The minimum Gasteiger partial charge on any atom is -0.330 e. The lowest BCUT2D eigenvalue weighted by Crippen LogP contribution is -2.33. The highest BCUT2D eigenvalue weighted by Gasteiger charge is 2.17. The number of rotatable bonds is 7. The van der Waals surface area contributed by atoms with E-state index in [0.29, 0.717) is 11.8 Å². The lowest BCUT2D eigenvalue weighted by Gasteiger charge is -2.26. The van der Waals surface area contributed by atoms with Crippen molar-refractivity contribution >= 4 is 0 Å². The molecular formula is C15H32N2. The summed E-state index contributed by atoms with van der Waals surface area (Å²) < 4.78 is 0. The smallest absolute Gasteiger partial charge is 0.000600 e. The maximum atomic E-state index is 5.77. The summed E-state index contributed by atoms with van der Waals surface area (Å²) in [5.74, 6) is 3.29. The first-order chi connectivity index (χ1) is 8.13. The molecule has 1 aliphatic rings. The van der Waals surface area contributed by atoms with Crippen LogP contribution in [0.3, 0.4) is 0 Å². The second kappa shape index (κ2) is 8.10. The molecule has 0 bridgehead atoms. The van der Waals surface area contributed by atoms with E-state index in [4.69, 9.17) is 5.73 Å². The molecule has 1 fully saturated rings. The Morgan fingerprint density at radius 1 is 1.18 bits per heavy atom. The van der Waals surface area contributed by atoms with Crippen molar-refractivity contribution in [2.24, 2.45) is 29.4 Å². The van der Waals surface area contributed by atoms with Gasteiger partial charge in [-0.05, 0) is 49.7 Å². The van der Waals surface area contributed by atoms with Crippen LogP contribution in [0.2, 0.25) is 0 Å². The summed E-state index contributed by atoms with van der Waals surface area (Å²) in [6.45, 7) is 10.0. The molecule has 0 radical (unpaired) electrons. The Morgan fingerprint density at radius 3 is 2.35 bits per heavy atom. The minimum atomic E-state index is 0.640. The Hall–Kier alpha value is -0.0800. The van der Waals surface area contributed by atoms with E-state index in [9.17, 15) is 0 Å². The molecule has 0 aromatic carbocycles. The predicted molar refractivity (Wildman–Crippen MR) is 76.0 cm³/mol. The van der Waals surface area contributed by atoms with Crippen molar-refractivity contribution in [3.8, 4) is 0 Å². The average molecular weight is 240 g/mol. The van der Waals surface area contributed by atoms with Gasteiger partial charge in [0.25, 0.3) is 0 Å². The summed E-state index contributed by atoms with van der Waals surface area (Å²) in [6.07, 6.45) is 7.16. The van der Waals surface area contributed by atoms with Gasteiger partial charge in [0.05, 0.1) is 0 Å². The Morgan fingerprint density at radius 2 is 1.82 bits per heavy atom. The van der Waals surface area contributed by atoms with E-state index >= 15 is 0 Å². The number of nitrogens with one attached hydrogen (secondary N) is 1. The summed E-state index contributed by atoms with van der Waals surface area (Å²) in [5, 5.41) is 3.60. The van der Waals surface area contributed by atoms with E-state index in [2.05, 4.69) is 26.1 Å². The first-order valence-corrected chi connectivity index (χ1v) is 7.54. The van der Waals surface area contributed by atoms with E-state index < -0.39 is 0 Å². The van der Waals surface area contributed by atoms with Crippen LogP contribution >= 0.6 is 0 Å². The molecule has 1 atom stereocenters. The van der Waals surface area contributed by atoms with Crippen LogP contribution in [0, 0.1) is 23.7 Å². The van der Waals surface area contributed by atoms with Gasteiger partial charge in [-0.1, -0.05) is 46.5 Å². The Kier molecular flexibility index (Phi) is 7.14. The normalized spacial score (nSPS) is 27.4. The highest BCUT2D eigenvalue weighted by Crippen LogP contribution is 2.29. The number of hydrogen-bond acceptors (Lipinski definition) is 2. The van der Waals surface area contributed by atoms with Crippen LogP contribution in [0.1, 0.15) is 52.9 Å². The van der Waals surface area contributed by atoms with Crippen molar-refractivity contribution < 1.29 is 0 Å². The highest BCUT2D eigenvalue weighted by atomic mass is 14.9. The molecule has 17 heavy (non-hydrogen) atoms. The quantitative estimate of drug-likeness (QED) is 0.671. The summed E-state index contributed by atoms with van der Waals surface area (Å²) in [5.41, 5.74) is 5.77. The second-order valence-electron chi connectivity index (χ2n) is 6.36. The molecule has 0 aromatic heterocycles. The summed E-state index contributed by atoms with van der Waals surface area (Å²) in [4.78, 5) is 0. The fourth-order valence-corrected chi connectivity index (χ4v) is 2.80. The van der Waals surface area contributed by atoms with E-state index in [-0.39, 0.29) is 0 Å². The van der Waals surface area contributed by atoms with Crippen LogP contribution < -0.4 is 11.1 Å². The van der Waals surface area contributed by atoms with Gasteiger partial charge in [0, 0.05) is 0 Å². The van der Waals surface area contributed by atoms with E-state index in [1.165, 1.54) is 38.6 Å². The fourth-order valence-electron chi connectivity index (χ4n) is 2.80. The van der Waals surface area contributed by atoms with Gasteiger partial charge in [-0.25, -0.2) is 0 Å². The Labute approximate surface area is 108 Å². The van der Waals surface area contributed by atoms with Crippen LogP contribution in [-0.2, 0) is 0 Å². The van der Waals surface area contributed by atoms with Gasteiger partial charge in [-0.3, -0.25) is 0 Å². The third-order valence-corrected chi connectivity index (χ3v) is 4.52. The summed E-state index contributed by atoms with van der Waals surface area (Å²) in [7, 11) is 0. The van der Waals surface area contributed by atoms with Gasteiger partial charge in [0.2, 0.25) is 0 Å². The Bertz CT molecular complexity index is 183. The Balaban J connectivity index is 2.03. The van der Waals surface area contributed by atoms with Crippen LogP contribution in [0.4, 0.5) is 0 Å². The molecule has 2 heteroatoms. The van der Waals surface area contributed by atoms with E-state index in [0.717, 1.165) is 24.9 Å². The lowest BCUT2D eigenvalue weighted by molar-refractivity contribution is 0.271. The van der Waals surface area contributed by atoms with Gasteiger partial charge < -0.3 is 11.1 Å².